The molecule has 0 radical (unpaired) electrons. The van der Waals surface area contributed by atoms with Gasteiger partial charge in [-0.15, -0.1) is 0 Å². The van der Waals surface area contributed by atoms with Crippen LogP contribution in [0.1, 0.15) is 29.8 Å². The van der Waals surface area contributed by atoms with Gasteiger partial charge in [-0.25, -0.2) is 0 Å². The number of amides is 1. The van der Waals surface area contributed by atoms with Crippen LogP contribution in [0.25, 0.3) is 0 Å². The maximum Gasteiger partial charge on any atom is 0.251 e. The van der Waals surface area contributed by atoms with Gasteiger partial charge in [0.25, 0.3) is 5.91 Å². The van der Waals surface area contributed by atoms with E-state index in [0.717, 1.165) is 0 Å². The van der Waals surface area contributed by atoms with Gasteiger partial charge in [0.1, 0.15) is 0 Å². The Bertz CT molecular complexity index is 363. The predicted molar refractivity (Wildman–Crippen MR) is 61.0 cm³/mol. The Morgan fingerprint density at radius 1 is 1.38 bits per heavy atom. The van der Waals surface area contributed by atoms with Crippen LogP contribution in [0.2, 0.25) is 0 Å². The molecule has 2 atom stereocenters. The second-order valence-electron chi connectivity index (χ2n) is 3.82. The minimum absolute atomic E-state index is 0.174. The molecule has 0 aliphatic heterocycles. The maximum absolute atomic E-state index is 11.8. The molecule has 0 saturated carbocycles. The average Bonchev–Trinajstić information content (AvgIpc) is 2.28. The summed E-state index contributed by atoms with van der Waals surface area (Å²) in [4.78, 5) is 11.8. The lowest BCUT2D eigenvalue weighted by Crippen LogP contribution is -2.40. The van der Waals surface area contributed by atoms with E-state index in [1.165, 1.54) is 0 Å². The third kappa shape index (κ3) is 3.05. The molecule has 0 aromatic heterocycles. The number of benzene rings is 1. The molecule has 0 fully saturated rings. The van der Waals surface area contributed by atoms with Crippen molar-refractivity contribution in [2.45, 2.75) is 32.6 Å². The summed E-state index contributed by atoms with van der Waals surface area (Å²) in [6.45, 7) is 3.17. The van der Waals surface area contributed by atoms with E-state index in [9.17, 15) is 9.90 Å². The highest BCUT2D eigenvalue weighted by molar-refractivity contribution is 5.95. The molecule has 0 aliphatic carbocycles. The summed E-state index contributed by atoms with van der Waals surface area (Å²) in [7, 11) is 0. The quantitative estimate of drug-likeness (QED) is 0.703. The first-order valence-corrected chi connectivity index (χ1v) is 5.24. The van der Waals surface area contributed by atoms with Crippen LogP contribution in [0, 0.1) is 0 Å². The van der Waals surface area contributed by atoms with E-state index >= 15 is 0 Å². The zero-order valence-electron chi connectivity index (χ0n) is 9.47. The third-order valence-electron chi connectivity index (χ3n) is 2.51. The Kier molecular flexibility index (Phi) is 4.46. The Labute approximate surface area is 94.9 Å². The molecular weight excluding hydrogens is 206 g/mol. The van der Waals surface area contributed by atoms with Gasteiger partial charge >= 0.3 is 0 Å². The van der Waals surface area contributed by atoms with Crippen LogP contribution < -0.4 is 5.32 Å². The van der Waals surface area contributed by atoms with Gasteiger partial charge < -0.3 is 15.5 Å². The van der Waals surface area contributed by atoms with Crippen molar-refractivity contribution < 1.29 is 15.0 Å². The lowest BCUT2D eigenvalue weighted by atomic mass is 10.1. The normalized spacial score (nSPS) is 14.2. The Balaban J connectivity index is 2.80. The molecule has 4 nitrogen and oxygen atoms in total. The standard InChI is InChI=1S/C12H17NO3/c1-8(9(2)15)13-12(16)11-6-4-3-5-10(11)7-14/h3-6,8-9,14-15H,7H2,1-2H3,(H,13,16). The molecular formula is C12H17NO3. The second-order valence-corrected chi connectivity index (χ2v) is 3.82. The molecule has 0 spiro atoms. The Morgan fingerprint density at radius 3 is 2.56 bits per heavy atom. The summed E-state index contributed by atoms with van der Waals surface area (Å²) in [5, 5.41) is 21.0. The molecule has 0 aliphatic rings. The summed E-state index contributed by atoms with van der Waals surface area (Å²) in [6, 6.07) is 6.53. The molecule has 0 heterocycles. The van der Waals surface area contributed by atoms with Gasteiger partial charge in [0.05, 0.1) is 18.8 Å². The molecule has 0 saturated heterocycles. The molecule has 1 rings (SSSR count). The first kappa shape index (κ1) is 12.7. The van der Waals surface area contributed by atoms with Crippen molar-refractivity contribution in [3.63, 3.8) is 0 Å². The zero-order valence-corrected chi connectivity index (χ0v) is 9.47. The monoisotopic (exact) mass is 223 g/mol. The van der Waals surface area contributed by atoms with E-state index in [-0.39, 0.29) is 18.6 Å². The first-order chi connectivity index (χ1) is 7.56. The zero-order chi connectivity index (χ0) is 12.1. The van der Waals surface area contributed by atoms with E-state index in [4.69, 9.17) is 5.11 Å². The summed E-state index contributed by atoms with van der Waals surface area (Å²) in [5.41, 5.74) is 1.02. The molecule has 16 heavy (non-hydrogen) atoms. The van der Waals surface area contributed by atoms with E-state index < -0.39 is 6.10 Å². The lowest BCUT2D eigenvalue weighted by Gasteiger charge is -2.17. The van der Waals surface area contributed by atoms with Gasteiger partial charge in [-0.2, -0.15) is 0 Å². The molecule has 1 aromatic rings. The van der Waals surface area contributed by atoms with Crippen molar-refractivity contribution in [2.24, 2.45) is 0 Å². The topological polar surface area (TPSA) is 69.6 Å². The summed E-state index contributed by atoms with van der Waals surface area (Å²) >= 11 is 0. The number of carbonyl (C=O) groups excluding carboxylic acids is 1. The molecule has 0 bridgehead atoms. The van der Waals surface area contributed by atoms with Gasteiger partial charge in [-0.3, -0.25) is 4.79 Å². The number of hydrogen-bond acceptors (Lipinski definition) is 3. The van der Waals surface area contributed by atoms with Crippen LogP contribution in [0.5, 0.6) is 0 Å². The minimum Gasteiger partial charge on any atom is -0.392 e. The fourth-order valence-electron chi connectivity index (χ4n) is 1.28. The summed E-state index contributed by atoms with van der Waals surface area (Å²) in [6.07, 6.45) is -0.606. The van der Waals surface area contributed by atoms with Crippen molar-refractivity contribution in [3.05, 3.63) is 35.4 Å². The van der Waals surface area contributed by atoms with Crippen LogP contribution in [0.4, 0.5) is 0 Å². The van der Waals surface area contributed by atoms with Gasteiger partial charge in [0, 0.05) is 5.56 Å². The first-order valence-electron chi connectivity index (χ1n) is 5.24. The number of nitrogens with one attached hydrogen (secondary N) is 1. The predicted octanol–water partition coefficient (Wildman–Crippen LogP) is 0.678. The van der Waals surface area contributed by atoms with E-state index in [0.29, 0.717) is 11.1 Å². The van der Waals surface area contributed by atoms with Gasteiger partial charge in [-0.1, -0.05) is 18.2 Å². The van der Waals surface area contributed by atoms with Crippen LogP contribution in [0.3, 0.4) is 0 Å². The van der Waals surface area contributed by atoms with Gasteiger partial charge in [0.15, 0.2) is 0 Å². The van der Waals surface area contributed by atoms with Crippen LogP contribution >= 0.6 is 0 Å². The van der Waals surface area contributed by atoms with Crippen molar-refractivity contribution in [1.29, 1.82) is 0 Å². The summed E-state index contributed by atoms with van der Waals surface area (Å²) in [5.74, 6) is -0.280. The Hall–Kier alpha value is -1.39. The number of aliphatic hydroxyl groups excluding tert-OH is 2. The van der Waals surface area contributed by atoms with Crippen molar-refractivity contribution in [2.75, 3.05) is 0 Å². The Morgan fingerprint density at radius 2 is 2.00 bits per heavy atom. The number of hydrogen-bond donors (Lipinski definition) is 3. The smallest absolute Gasteiger partial charge is 0.251 e. The minimum atomic E-state index is -0.606. The maximum atomic E-state index is 11.8. The average molecular weight is 223 g/mol. The second kappa shape index (κ2) is 5.63. The number of carbonyl (C=O) groups is 1. The third-order valence-corrected chi connectivity index (χ3v) is 2.51. The fourth-order valence-corrected chi connectivity index (χ4v) is 1.28. The van der Waals surface area contributed by atoms with Crippen LogP contribution in [0.15, 0.2) is 24.3 Å². The van der Waals surface area contributed by atoms with Crippen LogP contribution in [-0.2, 0) is 6.61 Å². The van der Waals surface area contributed by atoms with E-state index in [2.05, 4.69) is 5.32 Å². The molecule has 88 valence electrons. The van der Waals surface area contributed by atoms with Crippen LogP contribution in [-0.4, -0.2) is 28.3 Å². The highest BCUT2D eigenvalue weighted by Crippen LogP contribution is 2.09. The molecule has 1 aromatic carbocycles. The largest absolute Gasteiger partial charge is 0.392 e. The molecule has 2 unspecified atom stereocenters. The van der Waals surface area contributed by atoms with E-state index in [1.807, 2.05) is 0 Å². The highest BCUT2D eigenvalue weighted by atomic mass is 16.3. The summed E-state index contributed by atoms with van der Waals surface area (Å²) < 4.78 is 0. The van der Waals surface area contributed by atoms with Gasteiger partial charge in [-0.05, 0) is 25.5 Å². The molecule has 3 N–H and O–H groups in total. The number of rotatable bonds is 4. The van der Waals surface area contributed by atoms with Crippen molar-refractivity contribution in [3.8, 4) is 0 Å². The van der Waals surface area contributed by atoms with Crippen molar-refractivity contribution in [1.82, 2.24) is 5.32 Å². The molecule has 4 heteroatoms. The van der Waals surface area contributed by atoms with E-state index in [1.54, 1.807) is 38.1 Å². The lowest BCUT2D eigenvalue weighted by molar-refractivity contribution is 0.0871. The van der Waals surface area contributed by atoms with Gasteiger partial charge in [0.2, 0.25) is 0 Å². The highest BCUT2D eigenvalue weighted by Gasteiger charge is 2.15. The molecule has 1 amide bonds. The number of aliphatic hydroxyl groups is 2. The van der Waals surface area contributed by atoms with Crippen molar-refractivity contribution >= 4 is 5.91 Å². The SMILES string of the molecule is CC(O)C(C)NC(=O)c1ccccc1CO. The fraction of sp³-hybridized carbons (Fsp3) is 0.417.